The van der Waals surface area contributed by atoms with E-state index in [1.165, 1.54) is 14.2 Å². The molecule has 3 aromatic carbocycles. The van der Waals surface area contributed by atoms with Crippen molar-refractivity contribution in [2.75, 3.05) is 36.8 Å². The number of nitrogens with zero attached hydrogens (tertiary/aromatic N) is 5. The van der Waals surface area contributed by atoms with E-state index in [0.29, 0.717) is 58.8 Å². The lowest BCUT2D eigenvalue weighted by Gasteiger charge is -2.20. The number of benzene rings is 3. The summed E-state index contributed by atoms with van der Waals surface area (Å²) in [5, 5.41) is 46.8. The maximum atomic E-state index is 12.9. The van der Waals surface area contributed by atoms with Crippen LogP contribution in [0.1, 0.15) is 40.0 Å². The Balaban J connectivity index is 1.32. The van der Waals surface area contributed by atoms with E-state index in [9.17, 15) is 34.5 Å². The van der Waals surface area contributed by atoms with Crippen molar-refractivity contribution in [1.29, 1.82) is 0 Å². The molecule has 5 rings (SSSR count). The van der Waals surface area contributed by atoms with Crippen molar-refractivity contribution in [2.45, 2.75) is 38.5 Å². The van der Waals surface area contributed by atoms with Gasteiger partial charge in [0.25, 0.3) is 5.91 Å². The van der Waals surface area contributed by atoms with Crippen LogP contribution in [0.3, 0.4) is 0 Å². The minimum Gasteiger partial charge on any atom is -0.469 e. The summed E-state index contributed by atoms with van der Waals surface area (Å²) in [6, 6.07) is 19.2. The SMILES string of the molecule is COC(=O)CC[C@H](NC(=O)c1ccc(N(C)Cc2cnc3nc(NCc4ccc(B(O)O)cc4)nc(NCc4ccc(B(O)O)cc4)c3n2)cc1)C(=O)OC. The summed E-state index contributed by atoms with van der Waals surface area (Å²) in [5.41, 5.74) is 4.85. The van der Waals surface area contributed by atoms with Crippen LogP contribution in [0.4, 0.5) is 17.5 Å². The average molecular weight is 750 g/mol. The van der Waals surface area contributed by atoms with E-state index in [1.54, 1.807) is 79.0 Å². The van der Waals surface area contributed by atoms with Gasteiger partial charge >= 0.3 is 26.2 Å². The van der Waals surface area contributed by atoms with Gasteiger partial charge in [-0.3, -0.25) is 9.59 Å². The smallest absolute Gasteiger partial charge is 0.469 e. The Morgan fingerprint density at radius 2 is 1.38 bits per heavy atom. The van der Waals surface area contributed by atoms with Gasteiger partial charge in [-0.25, -0.2) is 14.8 Å². The number of anilines is 3. The van der Waals surface area contributed by atoms with Crippen LogP contribution in [0.15, 0.2) is 79.0 Å². The van der Waals surface area contributed by atoms with E-state index in [0.717, 1.165) is 16.8 Å². The van der Waals surface area contributed by atoms with Gasteiger partial charge in [-0.15, -0.1) is 0 Å². The zero-order valence-corrected chi connectivity index (χ0v) is 30.3. The number of rotatable bonds is 17. The quantitative estimate of drug-likeness (QED) is 0.0484. The van der Waals surface area contributed by atoms with Gasteiger partial charge < -0.3 is 50.4 Å². The van der Waals surface area contributed by atoms with E-state index < -0.39 is 38.1 Å². The first-order valence-electron chi connectivity index (χ1n) is 17.1. The molecule has 0 aliphatic heterocycles. The number of hydrogen-bond acceptors (Lipinski definition) is 16. The third-order valence-corrected chi connectivity index (χ3v) is 8.55. The summed E-state index contributed by atoms with van der Waals surface area (Å²) in [6.07, 6.45) is 1.56. The number of ether oxygens (including phenoxy) is 2. The zero-order chi connectivity index (χ0) is 39.5. The summed E-state index contributed by atoms with van der Waals surface area (Å²) in [4.78, 5) is 57.3. The van der Waals surface area contributed by atoms with Gasteiger partial charge in [0.2, 0.25) is 5.95 Å². The Kier molecular flexibility index (Phi) is 13.7. The van der Waals surface area contributed by atoms with Gasteiger partial charge in [0, 0.05) is 37.8 Å². The highest BCUT2D eigenvalue weighted by molar-refractivity contribution is 6.58. The van der Waals surface area contributed by atoms with Crippen LogP contribution in [-0.4, -0.2) is 99.4 Å². The fourth-order valence-corrected chi connectivity index (χ4v) is 5.40. The van der Waals surface area contributed by atoms with Crippen LogP contribution in [0.25, 0.3) is 11.2 Å². The molecule has 19 heteroatoms. The molecule has 7 N–H and O–H groups in total. The van der Waals surface area contributed by atoms with Crippen molar-refractivity contribution < 1.29 is 44.0 Å². The minimum absolute atomic E-state index is 0.0223. The maximum absolute atomic E-state index is 12.9. The molecule has 0 bridgehead atoms. The summed E-state index contributed by atoms with van der Waals surface area (Å²) >= 11 is 0. The van der Waals surface area contributed by atoms with Crippen molar-refractivity contribution in [1.82, 2.24) is 25.3 Å². The molecular formula is C36H40B2N8O9. The van der Waals surface area contributed by atoms with Crippen molar-refractivity contribution in [2.24, 2.45) is 0 Å². The first kappa shape index (κ1) is 40.1. The molecule has 2 heterocycles. The molecule has 0 saturated carbocycles. The average Bonchev–Trinajstić information content (AvgIpc) is 3.20. The number of hydrogen-bond donors (Lipinski definition) is 7. The first-order valence-corrected chi connectivity index (χ1v) is 17.1. The number of esters is 2. The van der Waals surface area contributed by atoms with Gasteiger partial charge in [0.1, 0.15) is 6.04 Å². The molecule has 1 atom stereocenters. The predicted octanol–water partition coefficient (Wildman–Crippen LogP) is -0.135. The molecule has 0 spiro atoms. The van der Waals surface area contributed by atoms with Gasteiger partial charge in [-0.2, -0.15) is 9.97 Å². The molecule has 0 aliphatic rings. The lowest BCUT2D eigenvalue weighted by atomic mass is 9.80. The molecule has 17 nitrogen and oxygen atoms in total. The Morgan fingerprint density at radius 1 is 0.782 bits per heavy atom. The van der Waals surface area contributed by atoms with Crippen molar-refractivity contribution in [3.8, 4) is 0 Å². The molecule has 2 aromatic heterocycles. The second kappa shape index (κ2) is 18.8. The van der Waals surface area contributed by atoms with Gasteiger partial charge in [-0.05, 0) is 52.7 Å². The summed E-state index contributed by atoms with van der Waals surface area (Å²) in [5.74, 6) is -1.01. The zero-order valence-electron chi connectivity index (χ0n) is 30.3. The fourth-order valence-electron chi connectivity index (χ4n) is 5.40. The third kappa shape index (κ3) is 11.0. The molecule has 5 aromatic rings. The maximum Gasteiger partial charge on any atom is 0.488 e. The van der Waals surface area contributed by atoms with Crippen molar-refractivity contribution in [3.05, 3.63) is 101 Å². The fraction of sp³-hybridized carbons (Fsp3) is 0.250. The van der Waals surface area contributed by atoms with Crippen molar-refractivity contribution >= 4 is 71.6 Å². The number of methoxy groups -OCH3 is 2. The molecule has 0 radical (unpaired) electrons. The summed E-state index contributed by atoms with van der Waals surface area (Å²) in [7, 11) is 1.15. The molecule has 55 heavy (non-hydrogen) atoms. The van der Waals surface area contributed by atoms with Gasteiger partial charge in [0.05, 0.1) is 32.7 Å². The Hall–Kier alpha value is -6.14. The van der Waals surface area contributed by atoms with E-state index in [2.05, 4.69) is 35.6 Å². The topological polar surface area (TPSA) is 241 Å². The number of nitrogens with one attached hydrogen (secondary N) is 3. The van der Waals surface area contributed by atoms with Crippen LogP contribution in [0.5, 0.6) is 0 Å². The number of carbonyl (C=O) groups is 3. The largest absolute Gasteiger partial charge is 0.488 e. The standard InChI is InChI=1S/C36H40B2N8O9/c1-46(28-14-8-24(9-15-28)34(48)43-29(35(49)55-3)16-17-30(47)54-2)21-27-20-40-33-31(42-27)32(39-18-22-4-10-25(11-5-22)37(50)51)44-36(45-33)41-19-23-6-12-26(13-7-23)38(52)53/h4-15,20,29,50-53H,16-19,21H2,1-3H3,(H,43,48)(H2,39,40,41,44,45)/t29-/m0/s1. The summed E-state index contributed by atoms with van der Waals surface area (Å²) in [6.45, 7) is 1.00. The summed E-state index contributed by atoms with van der Waals surface area (Å²) < 4.78 is 9.41. The van der Waals surface area contributed by atoms with E-state index in [-0.39, 0.29) is 18.8 Å². The van der Waals surface area contributed by atoms with Crippen LogP contribution in [0, 0.1) is 0 Å². The van der Waals surface area contributed by atoms with E-state index >= 15 is 0 Å². The van der Waals surface area contributed by atoms with E-state index in [1.807, 2.05) is 11.9 Å². The molecule has 0 fully saturated rings. The molecular weight excluding hydrogens is 710 g/mol. The highest BCUT2D eigenvalue weighted by atomic mass is 16.5. The van der Waals surface area contributed by atoms with Crippen LogP contribution in [-0.2, 0) is 38.7 Å². The van der Waals surface area contributed by atoms with E-state index in [4.69, 9.17) is 9.72 Å². The Labute approximate surface area is 317 Å². The molecule has 0 unspecified atom stereocenters. The number of aromatic nitrogens is 4. The van der Waals surface area contributed by atoms with Crippen LogP contribution >= 0.6 is 0 Å². The number of amides is 1. The Morgan fingerprint density at radius 3 is 1.95 bits per heavy atom. The minimum atomic E-state index is -1.58. The second-order valence-corrected chi connectivity index (χ2v) is 12.4. The third-order valence-electron chi connectivity index (χ3n) is 8.55. The Bertz CT molecular complexity index is 2090. The van der Waals surface area contributed by atoms with Gasteiger partial charge in [0.15, 0.2) is 17.0 Å². The number of fused-ring (bicyclic) bond motifs is 1. The molecule has 284 valence electrons. The normalized spacial score (nSPS) is 11.3. The molecule has 1 amide bonds. The van der Waals surface area contributed by atoms with Crippen LogP contribution in [0.2, 0.25) is 0 Å². The highest BCUT2D eigenvalue weighted by Crippen LogP contribution is 2.22. The predicted molar refractivity (Wildman–Crippen MR) is 205 cm³/mol. The van der Waals surface area contributed by atoms with Gasteiger partial charge in [-0.1, -0.05) is 48.5 Å². The first-order chi connectivity index (χ1) is 26.4. The highest BCUT2D eigenvalue weighted by Gasteiger charge is 2.23. The lowest BCUT2D eigenvalue weighted by molar-refractivity contribution is -0.144. The second-order valence-electron chi connectivity index (χ2n) is 12.4. The van der Waals surface area contributed by atoms with Crippen LogP contribution < -0.4 is 31.8 Å². The monoisotopic (exact) mass is 750 g/mol. The lowest BCUT2D eigenvalue weighted by Crippen LogP contribution is -2.41. The number of carbonyl (C=O) groups excluding carboxylic acids is 3. The van der Waals surface area contributed by atoms with Crippen molar-refractivity contribution in [3.63, 3.8) is 0 Å². The molecule has 0 saturated heterocycles. The molecule has 0 aliphatic carbocycles.